The van der Waals surface area contributed by atoms with Gasteiger partial charge in [0.05, 0.1) is 5.69 Å². The summed E-state index contributed by atoms with van der Waals surface area (Å²) in [5, 5.41) is 0. The first-order chi connectivity index (χ1) is 9.16. The van der Waals surface area contributed by atoms with Crippen LogP contribution in [0.1, 0.15) is 31.2 Å². The second-order valence-electron chi connectivity index (χ2n) is 5.75. The van der Waals surface area contributed by atoms with Crippen LogP contribution >= 0.6 is 0 Å². The van der Waals surface area contributed by atoms with Gasteiger partial charge in [0.25, 0.3) is 0 Å². The first kappa shape index (κ1) is 12.5. The Morgan fingerprint density at radius 3 is 2.79 bits per heavy atom. The highest BCUT2D eigenvalue weighted by atomic mass is 16.2. The van der Waals surface area contributed by atoms with Crippen molar-refractivity contribution in [3.63, 3.8) is 0 Å². The van der Waals surface area contributed by atoms with Gasteiger partial charge in [-0.25, -0.2) is 4.98 Å². The van der Waals surface area contributed by atoms with E-state index in [4.69, 9.17) is 0 Å². The molecule has 1 saturated carbocycles. The fourth-order valence-corrected chi connectivity index (χ4v) is 3.14. The highest BCUT2D eigenvalue weighted by Gasteiger charge is 2.32. The number of fused-ring (bicyclic) bond motifs is 1. The van der Waals surface area contributed by atoms with Crippen molar-refractivity contribution in [2.45, 2.75) is 32.6 Å². The Bertz CT molecular complexity index is 494. The lowest BCUT2D eigenvalue weighted by Crippen LogP contribution is -2.45. The van der Waals surface area contributed by atoms with Crippen LogP contribution in [-0.4, -0.2) is 31.0 Å². The summed E-state index contributed by atoms with van der Waals surface area (Å²) in [6.07, 6.45) is 6.38. The number of anilines is 2. The Kier molecular flexibility index (Phi) is 3.17. The van der Waals surface area contributed by atoms with Crippen LogP contribution in [0.2, 0.25) is 0 Å². The molecule has 102 valence electrons. The molecule has 0 unspecified atom stereocenters. The van der Waals surface area contributed by atoms with E-state index >= 15 is 0 Å². The van der Waals surface area contributed by atoms with Gasteiger partial charge in [-0.3, -0.25) is 4.79 Å². The first-order valence-electron chi connectivity index (χ1n) is 7.16. The predicted molar refractivity (Wildman–Crippen MR) is 76.6 cm³/mol. The number of aryl methyl sites for hydroxylation is 1. The average Bonchev–Trinajstić information content (AvgIpc) is 2.92. The molecule has 0 bridgehead atoms. The van der Waals surface area contributed by atoms with Crippen LogP contribution in [0.4, 0.5) is 11.5 Å². The number of pyridine rings is 1. The van der Waals surface area contributed by atoms with Crippen molar-refractivity contribution in [1.29, 1.82) is 0 Å². The number of carbonyl (C=O) groups is 1. The van der Waals surface area contributed by atoms with Crippen LogP contribution in [0.3, 0.4) is 0 Å². The fraction of sp³-hybridized carbons (Fsp3) is 0.600. The van der Waals surface area contributed by atoms with Gasteiger partial charge >= 0.3 is 0 Å². The normalized spacial score (nSPS) is 19.7. The van der Waals surface area contributed by atoms with Crippen molar-refractivity contribution in [1.82, 2.24) is 4.98 Å². The summed E-state index contributed by atoms with van der Waals surface area (Å²) in [4.78, 5) is 21.2. The molecule has 0 radical (unpaired) electrons. The van der Waals surface area contributed by atoms with E-state index in [2.05, 4.69) is 16.0 Å². The molecule has 19 heavy (non-hydrogen) atoms. The van der Waals surface area contributed by atoms with E-state index in [1.54, 1.807) is 0 Å². The molecule has 4 heteroatoms. The lowest BCUT2D eigenvalue weighted by Gasteiger charge is -2.36. The molecule has 0 atom stereocenters. The number of rotatable bonds is 1. The zero-order valence-electron chi connectivity index (χ0n) is 11.7. The van der Waals surface area contributed by atoms with Crippen LogP contribution in [0.15, 0.2) is 12.3 Å². The van der Waals surface area contributed by atoms with Gasteiger partial charge in [0.1, 0.15) is 0 Å². The van der Waals surface area contributed by atoms with E-state index < -0.39 is 0 Å². The maximum atomic E-state index is 12.7. The molecule has 3 rings (SSSR count). The molecule has 2 aliphatic rings. The Morgan fingerprint density at radius 1 is 1.32 bits per heavy atom. The lowest BCUT2D eigenvalue weighted by molar-refractivity contribution is -0.122. The molecule has 1 aromatic heterocycles. The Balaban J connectivity index is 1.93. The van der Waals surface area contributed by atoms with Crippen LogP contribution in [0, 0.1) is 12.8 Å². The molecule has 1 aliphatic carbocycles. The molecular formula is C15H21N3O. The third-order valence-corrected chi connectivity index (χ3v) is 4.27. The Labute approximate surface area is 114 Å². The average molecular weight is 259 g/mol. The number of nitrogens with zero attached hydrogens (tertiary/aromatic N) is 3. The highest BCUT2D eigenvalue weighted by molar-refractivity contribution is 5.98. The van der Waals surface area contributed by atoms with Crippen LogP contribution in [0.5, 0.6) is 0 Å². The summed E-state index contributed by atoms with van der Waals surface area (Å²) in [5.74, 6) is 1.47. The van der Waals surface area contributed by atoms with Crippen molar-refractivity contribution in [3.8, 4) is 0 Å². The summed E-state index contributed by atoms with van der Waals surface area (Å²) in [6.45, 7) is 3.67. The summed E-state index contributed by atoms with van der Waals surface area (Å²) < 4.78 is 0. The van der Waals surface area contributed by atoms with Gasteiger partial charge in [-0.15, -0.1) is 0 Å². The molecule has 1 aliphatic heterocycles. The predicted octanol–water partition coefficient (Wildman–Crippen LogP) is 2.36. The second-order valence-corrected chi connectivity index (χ2v) is 5.75. The van der Waals surface area contributed by atoms with E-state index in [0.717, 1.165) is 43.0 Å². The number of amides is 1. The molecule has 0 aromatic carbocycles. The fourth-order valence-electron chi connectivity index (χ4n) is 3.14. The van der Waals surface area contributed by atoms with Crippen molar-refractivity contribution in [2.75, 3.05) is 29.9 Å². The second kappa shape index (κ2) is 4.83. The van der Waals surface area contributed by atoms with E-state index in [9.17, 15) is 4.79 Å². The van der Waals surface area contributed by atoms with Crippen LogP contribution in [0.25, 0.3) is 0 Å². The number of aromatic nitrogens is 1. The minimum Gasteiger partial charge on any atom is -0.356 e. The van der Waals surface area contributed by atoms with E-state index in [-0.39, 0.29) is 5.92 Å². The smallest absolute Gasteiger partial charge is 0.230 e. The van der Waals surface area contributed by atoms with Crippen LogP contribution in [-0.2, 0) is 4.79 Å². The number of hydrogen-bond donors (Lipinski definition) is 0. The summed E-state index contributed by atoms with van der Waals surface area (Å²) in [5.41, 5.74) is 2.10. The van der Waals surface area contributed by atoms with Crippen molar-refractivity contribution < 1.29 is 4.79 Å². The molecule has 1 fully saturated rings. The molecule has 0 saturated heterocycles. The molecular weight excluding hydrogens is 238 g/mol. The van der Waals surface area contributed by atoms with Crippen LogP contribution < -0.4 is 9.80 Å². The van der Waals surface area contributed by atoms with Gasteiger partial charge in [0.15, 0.2) is 5.82 Å². The Hall–Kier alpha value is -1.58. The quantitative estimate of drug-likeness (QED) is 0.777. The highest BCUT2D eigenvalue weighted by Crippen LogP contribution is 2.34. The first-order valence-corrected chi connectivity index (χ1v) is 7.16. The van der Waals surface area contributed by atoms with Gasteiger partial charge in [-0.1, -0.05) is 12.8 Å². The number of carbonyl (C=O) groups excluding carboxylic acids is 1. The third-order valence-electron chi connectivity index (χ3n) is 4.27. The largest absolute Gasteiger partial charge is 0.356 e. The monoisotopic (exact) mass is 259 g/mol. The van der Waals surface area contributed by atoms with Gasteiger partial charge in [0.2, 0.25) is 5.91 Å². The van der Waals surface area contributed by atoms with Crippen molar-refractivity contribution in [3.05, 3.63) is 17.8 Å². The van der Waals surface area contributed by atoms with Crippen molar-refractivity contribution in [2.24, 2.45) is 5.92 Å². The topological polar surface area (TPSA) is 36.4 Å². The standard InChI is InChI=1S/C15H21N3O/c1-11-9-13-14(16-10-11)17(2)7-8-18(13)15(19)12-5-3-4-6-12/h9-10,12H,3-8H2,1-2H3. The minimum absolute atomic E-state index is 0.233. The Morgan fingerprint density at radius 2 is 2.05 bits per heavy atom. The van der Waals surface area contributed by atoms with E-state index in [0.29, 0.717) is 5.91 Å². The summed E-state index contributed by atoms with van der Waals surface area (Å²) in [6, 6.07) is 2.09. The summed E-state index contributed by atoms with van der Waals surface area (Å²) in [7, 11) is 2.04. The molecule has 4 nitrogen and oxygen atoms in total. The SMILES string of the molecule is Cc1cnc2c(c1)N(C(=O)C1CCCC1)CCN2C. The lowest BCUT2D eigenvalue weighted by atomic mass is 10.1. The zero-order valence-corrected chi connectivity index (χ0v) is 11.7. The van der Waals surface area contributed by atoms with Gasteiger partial charge in [-0.2, -0.15) is 0 Å². The minimum atomic E-state index is 0.233. The van der Waals surface area contributed by atoms with Gasteiger partial charge in [-0.05, 0) is 31.4 Å². The molecule has 0 spiro atoms. The number of hydrogen-bond acceptors (Lipinski definition) is 3. The summed E-state index contributed by atoms with van der Waals surface area (Å²) >= 11 is 0. The van der Waals surface area contributed by atoms with E-state index in [1.165, 1.54) is 12.8 Å². The van der Waals surface area contributed by atoms with E-state index in [1.807, 2.05) is 25.1 Å². The third kappa shape index (κ3) is 2.20. The zero-order chi connectivity index (χ0) is 13.4. The molecule has 1 aromatic rings. The van der Waals surface area contributed by atoms with Gasteiger partial charge < -0.3 is 9.80 Å². The van der Waals surface area contributed by atoms with Crippen molar-refractivity contribution >= 4 is 17.4 Å². The molecule has 0 N–H and O–H groups in total. The molecule has 2 heterocycles. The maximum Gasteiger partial charge on any atom is 0.230 e. The maximum absolute atomic E-state index is 12.7. The van der Waals surface area contributed by atoms with Gasteiger partial charge in [0, 0.05) is 32.3 Å². The molecule has 1 amide bonds. The number of likely N-dealkylation sites (N-methyl/N-ethyl adjacent to an activating group) is 1.